The first kappa shape index (κ1) is 15.5. The first-order chi connectivity index (χ1) is 11.1. The molecule has 0 saturated heterocycles. The molecule has 0 aliphatic rings. The number of benzene rings is 1. The minimum absolute atomic E-state index is 0.344. The van der Waals surface area contributed by atoms with Crippen LogP contribution in [0.3, 0.4) is 0 Å². The van der Waals surface area contributed by atoms with Crippen LogP contribution in [0.4, 0.5) is 0 Å². The first-order valence-corrected chi connectivity index (χ1v) is 7.94. The highest BCUT2D eigenvalue weighted by atomic mass is 32.1. The van der Waals surface area contributed by atoms with Gasteiger partial charge in [-0.3, -0.25) is 9.20 Å². The van der Waals surface area contributed by atoms with Crippen LogP contribution in [0.2, 0.25) is 0 Å². The van der Waals surface area contributed by atoms with Crippen LogP contribution in [0.1, 0.15) is 5.69 Å². The van der Waals surface area contributed by atoms with Crippen LogP contribution in [0, 0.1) is 0 Å². The average Bonchev–Trinajstić information content (AvgIpc) is 3.16. The molecule has 2 heterocycles. The molecule has 0 saturated carbocycles. The molecule has 6 nitrogen and oxygen atoms in total. The Morgan fingerprint density at radius 1 is 1.43 bits per heavy atom. The number of aromatic nitrogens is 2. The van der Waals surface area contributed by atoms with Crippen molar-refractivity contribution in [2.24, 2.45) is 5.73 Å². The highest BCUT2D eigenvalue weighted by Gasteiger charge is 2.22. The molecule has 2 N–H and O–H groups in total. The van der Waals surface area contributed by atoms with Crippen LogP contribution in [0.15, 0.2) is 35.8 Å². The van der Waals surface area contributed by atoms with Crippen LogP contribution in [-0.4, -0.2) is 35.6 Å². The Bertz CT molecular complexity index is 840. The monoisotopic (exact) mass is 331 g/mol. The maximum absolute atomic E-state index is 11.7. The summed E-state index contributed by atoms with van der Waals surface area (Å²) in [6.45, 7) is 0. The van der Waals surface area contributed by atoms with Gasteiger partial charge in [-0.15, -0.1) is 11.3 Å². The number of hydrogen-bond donors (Lipinski definition) is 1. The summed E-state index contributed by atoms with van der Waals surface area (Å²) in [5.41, 5.74) is 8.55. The second-order valence-corrected chi connectivity index (χ2v) is 5.90. The Morgan fingerprint density at radius 3 is 3.00 bits per heavy atom. The third kappa shape index (κ3) is 2.93. The van der Waals surface area contributed by atoms with E-state index in [1.54, 1.807) is 7.11 Å². The fourth-order valence-electron chi connectivity index (χ4n) is 2.47. The van der Waals surface area contributed by atoms with Crippen molar-refractivity contribution in [3.8, 4) is 17.0 Å². The van der Waals surface area contributed by atoms with Crippen LogP contribution < -0.4 is 10.5 Å². The largest absolute Gasteiger partial charge is 0.497 e. The van der Waals surface area contributed by atoms with Crippen molar-refractivity contribution in [3.63, 3.8) is 0 Å². The summed E-state index contributed by atoms with van der Waals surface area (Å²) < 4.78 is 12.0. The zero-order valence-corrected chi connectivity index (χ0v) is 13.7. The van der Waals surface area contributed by atoms with Gasteiger partial charge in [-0.1, -0.05) is 12.1 Å². The number of imidazole rings is 1. The molecule has 1 unspecified atom stereocenters. The lowest BCUT2D eigenvalue weighted by molar-refractivity contribution is -0.142. The van der Waals surface area contributed by atoms with Crippen molar-refractivity contribution in [2.75, 3.05) is 14.2 Å². The van der Waals surface area contributed by atoms with Crippen molar-refractivity contribution in [2.45, 2.75) is 12.5 Å². The van der Waals surface area contributed by atoms with E-state index in [4.69, 9.17) is 15.2 Å². The van der Waals surface area contributed by atoms with Crippen molar-refractivity contribution in [3.05, 3.63) is 41.5 Å². The number of methoxy groups -OCH3 is 2. The van der Waals surface area contributed by atoms with Gasteiger partial charge in [0.2, 0.25) is 0 Å². The molecule has 0 spiro atoms. The highest BCUT2D eigenvalue weighted by Crippen LogP contribution is 2.29. The van der Waals surface area contributed by atoms with Crippen molar-refractivity contribution >= 4 is 22.3 Å². The Kier molecular flexibility index (Phi) is 4.31. The number of carbonyl (C=O) groups excluding carboxylic acids is 1. The van der Waals surface area contributed by atoms with Crippen molar-refractivity contribution in [1.82, 2.24) is 9.38 Å². The highest BCUT2D eigenvalue weighted by molar-refractivity contribution is 7.15. The molecule has 1 aromatic carbocycles. The Labute approximate surface area is 137 Å². The van der Waals surface area contributed by atoms with Gasteiger partial charge in [-0.25, -0.2) is 4.98 Å². The number of carbonyl (C=O) groups is 1. The molecular weight excluding hydrogens is 314 g/mol. The fraction of sp³-hybridized carbons (Fsp3) is 0.250. The summed E-state index contributed by atoms with van der Waals surface area (Å²) in [4.78, 5) is 17.2. The molecule has 7 heteroatoms. The molecule has 0 bridgehead atoms. The van der Waals surface area contributed by atoms with Crippen molar-refractivity contribution in [1.29, 1.82) is 0 Å². The lowest BCUT2D eigenvalue weighted by atomic mass is 10.1. The summed E-state index contributed by atoms with van der Waals surface area (Å²) in [7, 11) is 2.96. The Balaban J connectivity index is 2.07. The number of thiazole rings is 1. The summed E-state index contributed by atoms with van der Waals surface area (Å²) >= 11 is 1.53. The fourth-order valence-corrected chi connectivity index (χ4v) is 3.21. The van der Waals surface area contributed by atoms with Gasteiger partial charge >= 0.3 is 5.97 Å². The molecule has 23 heavy (non-hydrogen) atoms. The van der Waals surface area contributed by atoms with Crippen molar-refractivity contribution < 1.29 is 14.3 Å². The third-order valence-electron chi connectivity index (χ3n) is 3.62. The summed E-state index contributed by atoms with van der Waals surface area (Å²) in [5, 5.41) is 1.95. The van der Waals surface area contributed by atoms with Crippen LogP contribution >= 0.6 is 11.3 Å². The van der Waals surface area contributed by atoms with Gasteiger partial charge in [0.05, 0.1) is 25.6 Å². The van der Waals surface area contributed by atoms with E-state index in [0.29, 0.717) is 6.42 Å². The van der Waals surface area contributed by atoms with E-state index >= 15 is 0 Å². The summed E-state index contributed by atoms with van der Waals surface area (Å²) in [6, 6.07) is 6.93. The molecule has 0 aliphatic heterocycles. The Hall–Kier alpha value is -2.38. The van der Waals surface area contributed by atoms with Crippen LogP contribution in [-0.2, 0) is 16.0 Å². The van der Waals surface area contributed by atoms with E-state index in [2.05, 4.69) is 4.98 Å². The minimum Gasteiger partial charge on any atom is -0.497 e. The van der Waals surface area contributed by atoms with Gasteiger partial charge in [0, 0.05) is 23.6 Å². The van der Waals surface area contributed by atoms with E-state index in [9.17, 15) is 4.79 Å². The van der Waals surface area contributed by atoms with Crippen LogP contribution in [0.25, 0.3) is 16.2 Å². The van der Waals surface area contributed by atoms with Gasteiger partial charge in [0.1, 0.15) is 11.8 Å². The molecule has 0 fully saturated rings. The van der Waals surface area contributed by atoms with Crippen LogP contribution in [0.5, 0.6) is 5.75 Å². The lowest BCUT2D eigenvalue weighted by Gasteiger charge is -2.10. The average molecular weight is 331 g/mol. The molecule has 0 amide bonds. The lowest BCUT2D eigenvalue weighted by Crippen LogP contribution is -2.34. The molecule has 1 atom stereocenters. The number of rotatable bonds is 5. The molecule has 3 aromatic rings. The van der Waals surface area contributed by atoms with E-state index in [0.717, 1.165) is 27.7 Å². The number of fused-ring (bicyclic) bond motifs is 1. The van der Waals surface area contributed by atoms with Gasteiger partial charge in [-0.05, 0) is 12.1 Å². The third-order valence-corrected chi connectivity index (χ3v) is 4.38. The minimum atomic E-state index is -0.732. The van der Waals surface area contributed by atoms with Gasteiger partial charge in [-0.2, -0.15) is 0 Å². The molecule has 3 rings (SSSR count). The quantitative estimate of drug-likeness (QED) is 0.725. The van der Waals surface area contributed by atoms with Gasteiger partial charge < -0.3 is 15.2 Å². The van der Waals surface area contributed by atoms with E-state index in [1.807, 2.05) is 40.2 Å². The van der Waals surface area contributed by atoms with E-state index < -0.39 is 12.0 Å². The standard InChI is InChI=1S/C16H17N3O3S/c1-21-11-5-3-4-10(8-11)14-13(9-12(17)15(20)22-2)19-6-7-23-16(19)18-14/h3-8,12H,9,17H2,1-2H3. The number of esters is 1. The molecule has 120 valence electrons. The maximum Gasteiger partial charge on any atom is 0.323 e. The first-order valence-electron chi connectivity index (χ1n) is 7.06. The number of ether oxygens (including phenoxy) is 2. The number of nitrogens with zero attached hydrogens (tertiary/aromatic N) is 2. The molecule has 2 aromatic heterocycles. The topological polar surface area (TPSA) is 78.8 Å². The predicted molar refractivity (Wildman–Crippen MR) is 88.8 cm³/mol. The second kappa shape index (κ2) is 6.39. The molecule has 0 radical (unpaired) electrons. The zero-order chi connectivity index (χ0) is 16.4. The summed E-state index contributed by atoms with van der Waals surface area (Å²) in [6.07, 6.45) is 2.27. The number of nitrogens with two attached hydrogens (primary N) is 1. The smallest absolute Gasteiger partial charge is 0.323 e. The number of hydrogen-bond acceptors (Lipinski definition) is 6. The molecular formula is C16H17N3O3S. The van der Waals surface area contributed by atoms with Gasteiger partial charge in [0.25, 0.3) is 0 Å². The predicted octanol–water partition coefficient (Wildman–Crippen LogP) is 2.11. The molecule has 0 aliphatic carbocycles. The summed E-state index contributed by atoms with van der Waals surface area (Å²) in [5.74, 6) is 0.314. The van der Waals surface area contributed by atoms with E-state index in [1.165, 1.54) is 18.4 Å². The Morgan fingerprint density at radius 2 is 2.26 bits per heavy atom. The normalized spacial score (nSPS) is 12.3. The van der Waals surface area contributed by atoms with E-state index in [-0.39, 0.29) is 0 Å². The van der Waals surface area contributed by atoms with Gasteiger partial charge in [0.15, 0.2) is 4.96 Å². The zero-order valence-electron chi connectivity index (χ0n) is 12.9. The SMILES string of the molecule is COC(=O)C(N)Cc1c(-c2cccc(OC)c2)nc2sccn12. The maximum atomic E-state index is 11.7. The second-order valence-electron chi connectivity index (χ2n) is 5.03.